The minimum absolute atomic E-state index is 0.0719. The minimum atomic E-state index is -0.0719. The number of pyridine rings is 1. The molecule has 0 amide bonds. The van der Waals surface area contributed by atoms with Gasteiger partial charge in [-0.25, -0.2) is 0 Å². The number of nitrogens with zero attached hydrogens (tertiary/aromatic N) is 3. The number of ether oxygens (including phenoxy) is 2. The number of hydrogen-bond acceptors (Lipinski definition) is 9. The molecule has 1 atom stereocenters. The maximum atomic E-state index is 12.7. The van der Waals surface area contributed by atoms with E-state index in [1.807, 2.05) is 11.8 Å². The molecule has 3 saturated heterocycles. The smallest absolute Gasteiger partial charge is 0.250 e. The molecule has 2 aromatic carbocycles. The third-order valence-electron chi connectivity index (χ3n) is 8.73. The van der Waals surface area contributed by atoms with Crippen molar-refractivity contribution in [3.8, 4) is 11.3 Å². The quantitative estimate of drug-likeness (QED) is 0.281. The normalized spacial score (nSPS) is 20.3. The molecule has 0 saturated carbocycles. The zero-order valence-corrected chi connectivity index (χ0v) is 26.3. The molecule has 7 rings (SSSR count). The Kier molecular flexibility index (Phi) is 9.30. The Morgan fingerprint density at radius 2 is 1.51 bits per heavy atom. The first kappa shape index (κ1) is 29.3. The number of anilines is 2. The van der Waals surface area contributed by atoms with Crippen LogP contribution in [-0.4, -0.2) is 99.6 Å². The molecule has 228 valence electrons. The molecule has 0 spiro atoms. The molecule has 1 aromatic heterocycles. The van der Waals surface area contributed by atoms with E-state index in [1.54, 1.807) is 17.8 Å². The van der Waals surface area contributed by atoms with Crippen molar-refractivity contribution in [1.82, 2.24) is 14.8 Å². The van der Waals surface area contributed by atoms with Crippen molar-refractivity contribution in [3.63, 3.8) is 0 Å². The fourth-order valence-electron chi connectivity index (χ4n) is 6.52. The SMILES string of the molecule is O=c1cc(N2CCOCC2)cc(-c2cccc3c2Sc2ccc(NC(CN4CCCCC4)CN4CCOCC4)cc2S3)[nH]1. The molecule has 8 nitrogen and oxygen atoms in total. The number of benzene rings is 2. The molecule has 1 unspecified atom stereocenters. The molecule has 4 aliphatic heterocycles. The molecule has 0 aliphatic carbocycles. The van der Waals surface area contributed by atoms with Crippen molar-refractivity contribution in [1.29, 1.82) is 0 Å². The van der Waals surface area contributed by atoms with Gasteiger partial charge in [0.05, 0.1) is 38.2 Å². The van der Waals surface area contributed by atoms with Crippen LogP contribution in [0.4, 0.5) is 11.4 Å². The highest BCUT2D eigenvalue weighted by Gasteiger charge is 2.24. The summed E-state index contributed by atoms with van der Waals surface area (Å²) in [5.74, 6) is 0. The number of piperidine rings is 1. The standard InChI is InChI=1S/C33H41N5O3S2/c39-32-21-26(38-13-17-41-18-14-38)20-28(35-32)27-5-4-6-30-33(27)43-29-8-7-24(19-31(29)42-30)34-25(22-36-9-2-1-3-10-36)23-37-11-15-40-16-12-37/h4-8,19-21,25,34H,1-3,9-18,22-23H2,(H,35,39). The van der Waals surface area contributed by atoms with Gasteiger partial charge in [-0.05, 0) is 56.3 Å². The van der Waals surface area contributed by atoms with Gasteiger partial charge in [0.1, 0.15) is 0 Å². The number of hydrogen-bond donors (Lipinski definition) is 2. The molecule has 4 aliphatic rings. The predicted molar refractivity (Wildman–Crippen MR) is 175 cm³/mol. The lowest BCUT2D eigenvalue weighted by molar-refractivity contribution is 0.0342. The summed E-state index contributed by atoms with van der Waals surface area (Å²) in [5.41, 5.74) is 4.01. The van der Waals surface area contributed by atoms with Crippen molar-refractivity contribution in [2.24, 2.45) is 0 Å². The number of H-pyrrole nitrogens is 1. The monoisotopic (exact) mass is 619 g/mol. The molecule has 5 heterocycles. The average molecular weight is 620 g/mol. The maximum absolute atomic E-state index is 12.7. The molecule has 0 radical (unpaired) electrons. The van der Waals surface area contributed by atoms with Crippen LogP contribution in [0.5, 0.6) is 0 Å². The summed E-state index contributed by atoms with van der Waals surface area (Å²) in [7, 11) is 0. The van der Waals surface area contributed by atoms with Gasteiger partial charge in [0.25, 0.3) is 0 Å². The van der Waals surface area contributed by atoms with Crippen LogP contribution in [-0.2, 0) is 9.47 Å². The van der Waals surface area contributed by atoms with Gasteiger partial charge >= 0.3 is 0 Å². The fourth-order valence-corrected chi connectivity index (χ4v) is 8.93. The van der Waals surface area contributed by atoms with E-state index in [-0.39, 0.29) is 5.56 Å². The Morgan fingerprint density at radius 3 is 2.30 bits per heavy atom. The van der Waals surface area contributed by atoms with Gasteiger partial charge < -0.3 is 29.6 Å². The predicted octanol–water partition coefficient (Wildman–Crippen LogP) is 5.09. The Balaban J connectivity index is 1.10. The molecule has 2 N–H and O–H groups in total. The Labute approximate surface area is 262 Å². The first-order valence-electron chi connectivity index (χ1n) is 15.7. The maximum Gasteiger partial charge on any atom is 0.250 e. The largest absolute Gasteiger partial charge is 0.380 e. The number of aromatic amines is 1. The van der Waals surface area contributed by atoms with E-state index in [0.29, 0.717) is 19.3 Å². The van der Waals surface area contributed by atoms with Crippen LogP contribution in [0.3, 0.4) is 0 Å². The third kappa shape index (κ3) is 7.10. The summed E-state index contributed by atoms with van der Waals surface area (Å²) in [5, 5.41) is 3.93. The van der Waals surface area contributed by atoms with E-state index in [1.165, 1.54) is 57.6 Å². The average Bonchev–Trinajstić information content (AvgIpc) is 3.04. The van der Waals surface area contributed by atoms with E-state index < -0.39 is 0 Å². The molecule has 43 heavy (non-hydrogen) atoms. The van der Waals surface area contributed by atoms with Crippen LogP contribution >= 0.6 is 23.5 Å². The summed E-state index contributed by atoms with van der Waals surface area (Å²) in [6, 6.07) is 17.4. The summed E-state index contributed by atoms with van der Waals surface area (Å²) in [6.45, 7) is 11.2. The molecule has 3 fully saturated rings. The van der Waals surface area contributed by atoms with E-state index >= 15 is 0 Å². The summed E-state index contributed by atoms with van der Waals surface area (Å²) < 4.78 is 11.1. The van der Waals surface area contributed by atoms with Crippen molar-refractivity contribution in [2.45, 2.75) is 44.9 Å². The van der Waals surface area contributed by atoms with Crippen molar-refractivity contribution in [3.05, 3.63) is 58.9 Å². The second kappa shape index (κ2) is 13.7. The zero-order chi connectivity index (χ0) is 29.0. The molecular formula is C33H41N5O3S2. The van der Waals surface area contributed by atoms with Crippen LogP contribution < -0.4 is 15.8 Å². The van der Waals surface area contributed by atoms with Gasteiger partial charge in [-0.1, -0.05) is 42.1 Å². The number of aromatic nitrogens is 1. The van der Waals surface area contributed by atoms with Gasteiger partial charge in [-0.3, -0.25) is 9.69 Å². The van der Waals surface area contributed by atoms with Gasteiger partial charge in [-0.15, -0.1) is 0 Å². The number of fused-ring (bicyclic) bond motifs is 2. The number of nitrogens with one attached hydrogen (secondary N) is 2. The first-order valence-corrected chi connectivity index (χ1v) is 17.3. The Hall–Kier alpha value is -2.47. The van der Waals surface area contributed by atoms with Crippen molar-refractivity contribution < 1.29 is 9.47 Å². The topological polar surface area (TPSA) is 73.1 Å². The highest BCUT2D eigenvalue weighted by atomic mass is 32.2. The lowest BCUT2D eigenvalue weighted by Gasteiger charge is -2.35. The summed E-state index contributed by atoms with van der Waals surface area (Å²) >= 11 is 3.62. The van der Waals surface area contributed by atoms with Gasteiger partial charge in [-0.2, -0.15) is 0 Å². The van der Waals surface area contributed by atoms with Crippen LogP contribution in [0.25, 0.3) is 11.3 Å². The molecule has 10 heteroatoms. The summed E-state index contributed by atoms with van der Waals surface area (Å²) in [6.07, 6.45) is 3.98. The highest BCUT2D eigenvalue weighted by molar-refractivity contribution is 8.05. The van der Waals surface area contributed by atoms with Crippen LogP contribution in [0, 0.1) is 0 Å². The molecule has 0 bridgehead atoms. The number of likely N-dealkylation sites (tertiary alicyclic amines) is 1. The minimum Gasteiger partial charge on any atom is -0.380 e. The summed E-state index contributed by atoms with van der Waals surface area (Å²) in [4.78, 5) is 28.2. The molecule has 3 aromatic rings. The van der Waals surface area contributed by atoms with E-state index in [0.717, 1.165) is 69.4 Å². The van der Waals surface area contributed by atoms with Crippen LogP contribution in [0.1, 0.15) is 19.3 Å². The fraction of sp³-hybridized carbons (Fsp3) is 0.485. The van der Waals surface area contributed by atoms with Gasteiger partial charge in [0.15, 0.2) is 0 Å². The first-order chi connectivity index (χ1) is 21.2. The van der Waals surface area contributed by atoms with Crippen LogP contribution in [0.15, 0.2) is 72.9 Å². The third-order valence-corrected chi connectivity index (χ3v) is 11.3. The highest BCUT2D eigenvalue weighted by Crippen LogP contribution is 2.52. The number of morpholine rings is 2. The number of rotatable bonds is 8. The van der Waals surface area contributed by atoms with Crippen LogP contribution in [0.2, 0.25) is 0 Å². The van der Waals surface area contributed by atoms with E-state index in [4.69, 9.17) is 9.47 Å². The van der Waals surface area contributed by atoms with E-state index in [9.17, 15) is 4.79 Å². The Bertz CT molecular complexity index is 1450. The van der Waals surface area contributed by atoms with Gasteiger partial charge in [0, 0.05) is 81.9 Å². The van der Waals surface area contributed by atoms with Crippen molar-refractivity contribution >= 4 is 34.9 Å². The van der Waals surface area contributed by atoms with Gasteiger partial charge in [0.2, 0.25) is 5.56 Å². The second-order valence-corrected chi connectivity index (χ2v) is 14.0. The van der Waals surface area contributed by atoms with E-state index in [2.05, 4.69) is 67.5 Å². The Morgan fingerprint density at radius 1 is 0.767 bits per heavy atom. The molecular weight excluding hydrogens is 579 g/mol. The second-order valence-electron chi connectivity index (χ2n) is 11.8. The lowest BCUT2D eigenvalue weighted by Crippen LogP contribution is -2.48. The van der Waals surface area contributed by atoms with Crippen molar-refractivity contribution in [2.75, 3.05) is 89.0 Å². The lowest BCUT2D eigenvalue weighted by atomic mass is 10.1. The zero-order valence-electron chi connectivity index (χ0n) is 24.7.